The second kappa shape index (κ2) is 3.79. The zero-order valence-electron chi connectivity index (χ0n) is 7.97. The molecule has 0 aliphatic carbocycles. The Hall–Kier alpha value is -1.36. The number of aryl methyl sites for hydroxylation is 3. The Morgan fingerprint density at radius 1 is 1.57 bits per heavy atom. The molecule has 2 N–H and O–H groups in total. The minimum atomic E-state index is 0.620. The molecule has 2 aromatic rings. The van der Waals surface area contributed by atoms with Crippen LogP contribution >= 0.6 is 11.5 Å². The fourth-order valence-electron chi connectivity index (χ4n) is 1.25. The van der Waals surface area contributed by atoms with Gasteiger partial charge in [-0.1, -0.05) is 0 Å². The van der Waals surface area contributed by atoms with Crippen LogP contribution in [0.3, 0.4) is 0 Å². The SMILES string of the molecule is Cc1cn(CCc2ccns2)nc1N. The molecule has 0 amide bonds. The van der Waals surface area contributed by atoms with Crippen molar-refractivity contribution in [2.24, 2.45) is 0 Å². The first-order chi connectivity index (χ1) is 6.75. The monoisotopic (exact) mass is 208 g/mol. The number of hydrogen-bond donors (Lipinski definition) is 1. The molecule has 0 saturated carbocycles. The van der Waals surface area contributed by atoms with Gasteiger partial charge in [0.05, 0.1) is 0 Å². The highest BCUT2D eigenvalue weighted by atomic mass is 32.1. The van der Waals surface area contributed by atoms with Crippen molar-refractivity contribution in [2.75, 3.05) is 5.73 Å². The lowest BCUT2D eigenvalue weighted by Crippen LogP contribution is -2.01. The maximum Gasteiger partial charge on any atom is 0.148 e. The van der Waals surface area contributed by atoms with E-state index in [1.807, 2.05) is 30.1 Å². The van der Waals surface area contributed by atoms with Crippen molar-refractivity contribution in [3.8, 4) is 0 Å². The molecule has 2 heterocycles. The van der Waals surface area contributed by atoms with Gasteiger partial charge in [0.25, 0.3) is 0 Å². The lowest BCUT2D eigenvalue weighted by molar-refractivity contribution is 0.620. The molecule has 0 saturated heterocycles. The highest BCUT2D eigenvalue weighted by Crippen LogP contribution is 2.09. The Morgan fingerprint density at radius 2 is 2.43 bits per heavy atom. The van der Waals surface area contributed by atoms with Crippen molar-refractivity contribution in [3.05, 3.63) is 28.9 Å². The number of nitrogens with zero attached hydrogens (tertiary/aromatic N) is 3. The summed E-state index contributed by atoms with van der Waals surface area (Å²) < 4.78 is 5.92. The van der Waals surface area contributed by atoms with E-state index in [2.05, 4.69) is 9.47 Å². The van der Waals surface area contributed by atoms with Crippen LogP contribution in [0.15, 0.2) is 18.5 Å². The molecule has 0 radical (unpaired) electrons. The van der Waals surface area contributed by atoms with Crippen molar-refractivity contribution in [3.63, 3.8) is 0 Å². The van der Waals surface area contributed by atoms with E-state index in [9.17, 15) is 0 Å². The molecule has 2 rings (SSSR count). The summed E-state index contributed by atoms with van der Waals surface area (Å²) in [6.45, 7) is 2.83. The fourth-order valence-corrected chi connectivity index (χ4v) is 1.81. The smallest absolute Gasteiger partial charge is 0.148 e. The van der Waals surface area contributed by atoms with Gasteiger partial charge in [-0.15, -0.1) is 0 Å². The molecule has 5 heteroatoms. The summed E-state index contributed by atoms with van der Waals surface area (Å²) in [5.74, 6) is 0.620. The Morgan fingerprint density at radius 3 is 3.00 bits per heavy atom. The molecule has 0 atom stereocenters. The van der Waals surface area contributed by atoms with Crippen LogP contribution < -0.4 is 5.73 Å². The van der Waals surface area contributed by atoms with E-state index in [1.54, 1.807) is 0 Å². The van der Waals surface area contributed by atoms with Gasteiger partial charge in [-0.05, 0) is 24.5 Å². The van der Waals surface area contributed by atoms with Crippen LogP contribution in [0.2, 0.25) is 0 Å². The lowest BCUT2D eigenvalue weighted by Gasteiger charge is -1.97. The van der Waals surface area contributed by atoms with E-state index in [0.717, 1.165) is 18.5 Å². The van der Waals surface area contributed by atoms with Crippen molar-refractivity contribution in [2.45, 2.75) is 19.9 Å². The fraction of sp³-hybridized carbons (Fsp3) is 0.333. The molecule has 14 heavy (non-hydrogen) atoms. The number of nitrogens with two attached hydrogens (primary N) is 1. The Kier molecular flexibility index (Phi) is 2.49. The maximum atomic E-state index is 5.65. The Labute approximate surface area is 86.5 Å². The van der Waals surface area contributed by atoms with Gasteiger partial charge in [-0.2, -0.15) is 5.10 Å². The van der Waals surface area contributed by atoms with Crippen LogP contribution in [0, 0.1) is 6.92 Å². The van der Waals surface area contributed by atoms with Gasteiger partial charge in [0.1, 0.15) is 5.82 Å². The number of aromatic nitrogens is 3. The van der Waals surface area contributed by atoms with E-state index in [1.165, 1.54) is 16.4 Å². The van der Waals surface area contributed by atoms with Crippen LogP contribution in [0.4, 0.5) is 5.82 Å². The highest BCUT2D eigenvalue weighted by molar-refractivity contribution is 7.05. The van der Waals surface area contributed by atoms with Gasteiger partial charge in [-0.3, -0.25) is 4.68 Å². The van der Waals surface area contributed by atoms with E-state index in [4.69, 9.17) is 5.73 Å². The number of hydrogen-bond acceptors (Lipinski definition) is 4. The molecule has 2 aromatic heterocycles. The summed E-state index contributed by atoms with van der Waals surface area (Å²) in [6.07, 6.45) is 4.75. The third kappa shape index (κ3) is 1.93. The second-order valence-electron chi connectivity index (χ2n) is 3.19. The highest BCUT2D eigenvalue weighted by Gasteiger charge is 2.01. The van der Waals surface area contributed by atoms with E-state index in [-0.39, 0.29) is 0 Å². The number of rotatable bonds is 3. The van der Waals surface area contributed by atoms with Crippen molar-refractivity contribution >= 4 is 17.4 Å². The van der Waals surface area contributed by atoms with Crippen LogP contribution in [0.25, 0.3) is 0 Å². The first-order valence-corrected chi connectivity index (χ1v) is 5.22. The van der Waals surface area contributed by atoms with Crippen LogP contribution in [-0.2, 0) is 13.0 Å². The molecule has 0 unspecified atom stereocenters. The summed E-state index contributed by atoms with van der Waals surface area (Å²) in [5, 5.41) is 4.19. The van der Waals surface area contributed by atoms with Gasteiger partial charge in [0, 0.05) is 35.8 Å². The third-order valence-electron chi connectivity index (χ3n) is 2.06. The van der Waals surface area contributed by atoms with Crippen molar-refractivity contribution in [1.29, 1.82) is 0 Å². The van der Waals surface area contributed by atoms with Gasteiger partial charge in [0.15, 0.2) is 0 Å². The van der Waals surface area contributed by atoms with Crippen LogP contribution in [0.5, 0.6) is 0 Å². The molecule has 0 aliphatic rings. The molecule has 0 spiro atoms. The maximum absolute atomic E-state index is 5.65. The van der Waals surface area contributed by atoms with E-state index >= 15 is 0 Å². The van der Waals surface area contributed by atoms with Gasteiger partial charge >= 0.3 is 0 Å². The minimum absolute atomic E-state index is 0.620. The molecule has 0 aliphatic heterocycles. The molecule has 0 fully saturated rings. The molecule has 74 valence electrons. The number of nitrogen functional groups attached to an aromatic ring is 1. The quantitative estimate of drug-likeness (QED) is 0.831. The summed E-state index contributed by atoms with van der Waals surface area (Å²) in [5.41, 5.74) is 6.68. The molecular formula is C9H12N4S. The van der Waals surface area contributed by atoms with Gasteiger partial charge in [0.2, 0.25) is 0 Å². The van der Waals surface area contributed by atoms with Gasteiger partial charge in [-0.25, -0.2) is 4.37 Å². The normalized spacial score (nSPS) is 10.6. The lowest BCUT2D eigenvalue weighted by atomic mass is 10.3. The molecule has 0 bridgehead atoms. The average Bonchev–Trinajstić information content (AvgIpc) is 2.74. The Balaban J connectivity index is 1.98. The van der Waals surface area contributed by atoms with Crippen molar-refractivity contribution in [1.82, 2.24) is 14.2 Å². The largest absolute Gasteiger partial charge is 0.382 e. The zero-order valence-corrected chi connectivity index (χ0v) is 8.79. The predicted octanol–water partition coefficient (Wildman–Crippen LogP) is 1.47. The van der Waals surface area contributed by atoms with E-state index < -0.39 is 0 Å². The minimum Gasteiger partial charge on any atom is -0.382 e. The molecular weight excluding hydrogens is 196 g/mol. The zero-order chi connectivity index (χ0) is 9.97. The summed E-state index contributed by atoms with van der Waals surface area (Å²) >= 11 is 1.53. The first kappa shape index (κ1) is 9.21. The van der Waals surface area contributed by atoms with E-state index in [0.29, 0.717) is 5.82 Å². The number of anilines is 1. The Bertz CT molecular complexity index is 385. The summed E-state index contributed by atoms with van der Waals surface area (Å²) in [6, 6.07) is 2.03. The van der Waals surface area contributed by atoms with Gasteiger partial charge < -0.3 is 5.73 Å². The summed E-state index contributed by atoms with van der Waals surface area (Å²) in [4.78, 5) is 1.27. The standard InChI is InChI=1S/C9H12N4S/c1-7-6-13(12-9(7)10)5-3-8-2-4-11-14-8/h2,4,6H,3,5H2,1H3,(H2,10,12). The second-order valence-corrected chi connectivity index (χ2v) is 4.11. The molecule has 0 aromatic carbocycles. The first-order valence-electron chi connectivity index (χ1n) is 4.45. The predicted molar refractivity (Wildman–Crippen MR) is 57.2 cm³/mol. The van der Waals surface area contributed by atoms with Crippen LogP contribution in [0.1, 0.15) is 10.4 Å². The van der Waals surface area contributed by atoms with Crippen LogP contribution in [-0.4, -0.2) is 14.2 Å². The molecule has 4 nitrogen and oxygen atoms in total. The topological polar surface area (TPSA) is 56.7 Å². The average molecular weight is 208 g/mol. The van der Waals surface area contributed by atoms with Crippen molar-refractivity contribution < 1.29 is 0 Å². The summed E-state index contributed by atoms with van der Waals surface area (Å²) in [7, 11) is 0. The third-order valence-corrected chi connectivity index (χ3v) is 2.86.